The van der Waals surface area contributed by atoms with Crippen LogP contribution in [0, 0.1) is 0 Å². The monoisotopic (exact) mass is 292 g/mol. The van der Waals surface area contributed by atoms with Gasteiger partial charge in [-0.3, -0.25) is 4.79 Å². The van der Waals surface area contributed by atoms with Gasteiger partial charge < -0.3 is 20.5 Å². The second kappa shape index (κ2) is 7.13. The van der Waals surface area contributed by atoms with Crippen LogP contribution in [-0.4, -0.2) is 32.2 Å². The minimum atomic E-state index is -0.462. The van der Waals surface area contributed by atoms with Gasteiger partial charge in [0.2, 0.25) is 0 Å². The maximum atomic E-state index is 12.2. The Morgan fingerprint density at radius 2 is 2.05 bits per heavy atom. The quantitative estimate of drug-likeness (QED) is 0.753. The molecule has 0 unspecified atom stereocenters. The van der Waals surface area contributed by atoms with Gasteiger partial charge in [0.05, 0.1) is 14.2 Å². The molecule has 5 nitrogen and oxygen atoms in total. The highest BCUT2D eigenvalue weighted by Gasteiger charge is 2.17. The van der Waals surface area contributed by atoms with Crippen LogP contribution >= 0.6 is 0 Å². The summed E-state index contributed by atoms with van der Waals surface area (Å²) < 4.78 is 10.6. The molecule has 0 radical (unpaired) electrons. The molecule has 0 aliphatic carbocycles. The van der Waals surface area contributed by atoms with E-state index in [1.807, 2.05) is 13.8 Å². The van der Waals surface area contributed by atoms with Crippen LogP contribution in [0.2, 0.25) is 0 Å². The number of methoxy groups -OCH3 is 2. The zero-order chi connectivity index (χ0) is 16.0. The van der Waals surface area contributed by atoms with Gasteiger partial charge in [-0.05, 0) is 32.4 Å². The van der Waals surface area contributed by atoms with E-state index < -0.39 is 5.54 Å². The Morgan fingerprint density at radius 3 is 2.52 bits per heavy atom. The molecule has 3 N–H and O–H groups in total. The maximum absolute atomic E-state index is 12.2. The van der Waals surface area contributed by atoms with Crippen LogP contribution < -0.4 is 20.5 Å². The van der Waals surface area contributed by atoms with Crippen molar-refractivity contribution >= 4 is 5.91 Å². The van der Waals surface area contributed by atoms with Crippen molar-refractivity contribution in [2.24, 2.45) is 5.73 Å². The van der Waals surface area contributed by atoms with Crippen molar-refractivity contribution < 1.29 is 14.3 Å². The van der Waals surface area contributed by atoms with E-state index in [1.54, 1.807) is 32.4 Å². The molecule has 0 heterocycles. The highest BCUT2D eigenvalue weighted by molar-refractivity contribution is 5.95. The standard InChI is InChI=1S/C16H24N2O3/c1-6-7-11-8-12(9-13(20-4)14(11)21-5)15(19)18-10-16(2,3)17/h6,8-9H,1,7,10,17H2,2-5H3,(H,18,19). The summed E-state index contributed by atoms with van der Waals surface area (Å²) in [5, 5.41) is 2.81. The molecule has 116 valence electrons. The van der Waals surface area contributed by atoms with Crippen molar-refractivity contribution in [3.8, 4) is 11.5 Å². The molecule has 1 aromatic rings. The lowest BCUT2D eigenvalue weighted by Gasteiger charge is -2.19. The lowest BCUT2D eigenvalue weighted by atomic mass is 10.0. The van der Waals surface area contributed by atoms with Crippen molar-refractivity contribution in [2.75, 3.05) is 20.8 Å². The molecule has 21 heavy (non-hydrogen) atoms. The van der Waals surface area contributed by atoms with Gasteiger partial charge in [0.15, 0.2) is 11.5 Å². The van der Waals surface area contributed by atoms with Gasteiger partial charge in [-0.2, -0.15) is 0 Å². The number of ether oxygens (including phenoxy) is 2. The van der Waals surface area contributed by atoms with Gasteiger partial charge in [-0.1, -0.05) is 6.08 Å². The summed E-state index contributed by atoms with van der Waals surface area (Å²) in [6.07, 6.45) is 2.34. The van der Waals surface area contributed by atoms with Crippen LogP contribution in [0.5, 0.6) is 11.5 Å². The molecule has 0 aromatic heterocycles. The van der Waals surface area contributed by atoms with Gasteiger partial charge in [0.1, 0.15) is 0 Å². The number of rotatable bonds is 7. The van der Waals surface area contributed by atoms with Crippen molar-refractivity contribution in [1.82, 2.24) is 5.32 Å². The molecule has 1 amide bonds. The number of carbonyl (C=O) groups excluding carboxylic acids is 1. The summed E-state index contributed by atoms with van der Waals surface area (Å²) in [4.78, 5) is 12.2. The molecule has 0 saturated carbocycles. The summed E-state index contributed by atoms with van der Waals surface area (Å²) in [5.41, 5.74) is 6.77. The van der Waals surface area contributed by atoms with Crippen molar-refractivity contribution in [1.29, 1.82) is 0 Å². The van der Waals surface area contributed by atoms with Crippen LogP contribution in [0.3, 0.4) is 0 Å². The lowest BCUT2D eigenvalue weighted by molar-refractivity contribution is 0.0945. The molecule has 0 fully saturated rings. The average molecular weight is 292 g/mol. The number of nitrogens with two attached hydrogens (primary N) is 1. The molecule has 0 aliphatic rings. The molecule has 1 rings (SSSR count). The second-order valence-electron chi connectivity index (χ2n) is 5.53. The smallest absolute Gasteiger partial charge is 0.251 e. The Kier molecular flexibility index (Phi) is 5.79. The first-order chi connectivity index (χ1) is 9.82. The largest absolute Gasteiger partial charge is 0.493 e. The minimum Gasteiger partial charge on any atom is -0.493 e. The maximum Gasteiger partial charge on any atom is 0.251 e. The Bertz CT molecular complexity index is 519. The molecule has 5 heteroatoms. The fourth-order valence-electron chi connectivity index (χ4n) is 1.89. The predicted octanol–water partition coefficient (Wildman–Crippen LogP) is 1.90. The first-order valence-corrected chi connectivity index (χ1v) is 6.75. The molecule has 0 atom stereocenters. The number of amides is 1. The third-order valence-electron chi connectivity index (χ3n) is 2.89. The van der Waals surface area contributed by atoms with E-state index in [-0.39, 0.29) is 5.91 Å². The van der Waals surface area contributed by atoms with E-state index in [0.717, 1.165) is 5.56 Å². The highest BCUT2D eigenvalue weighted by atomic mass is 16.5. The first-order valence-electron chi connectivity index (χ1n) is 6.75. The van der Waals surface area contributed by atoms with E-state index in [1.165, 1.54) is 0 Å². The van der Waals surface area contributed by atoms with Crippen LogP contribution in [0.15, 0.2) is 24.8 Å². The predicted molar refractivity (Wildman–Crippen MR) is 84.0 cm³/mol. The van der Waals surface area contributed by atoms with Gasteiger partial charge in [-0.15, -0.1) is 6.58 Å². The first kappa shape index (κ1) is 17.0. The average Bonchev–Trinajstić information content (AvgIpc) is 2.43. The Balaban J connectivity index is 3.09. The number of hydrogen-bond acceptors (Lipinski definition) is 4. The van der Waals surface area contributed by atoms with Crippen molar-refractivity contribution in [2.45, 2.75) is 25.8 Å². The van der Waals surface area contributed by atoms with Crippen LogP contribution in [0.1, 0.15) is 29.8 Å². The molecule has 0 aliphatic heterocycles. The molecule has 0 bridgehead atoms. The number of carbonyl (C=O) groups is 1. The van der Waals surface area contributed by atoms with Gasteiger partial charge in [0, 0.05) is 23.2 Å². The van der Waals surface area contributed by atoms with Crippen LogP contribution in [0.25, 0.3) is 0 Å². The molecule has 1 aromatic carbocycles. The number of benzene rings is 1. The lowest BCUT2D eigenvalue weighted by Crippen LogP contribution is -2.45. The van der Waals surface area contributed by atoms with Crippen LogP contribution in [-0.2, 0) is 6.42 Å². The number of hydrogen-bond donors (Lipinski definition) is 2. The molecular weight excluding hydrogens is 268 g/mol. The third-order valence-corrected chi connectivity index (χ3v) is 2.89. The molecule has 0 spiro atoms. The topological polar surface area (TPSA) is 73.6 Å². The minimum absolute atomic E-state index is 0.195. The Hall–Kier alpha value is -2.01. The normalized spacial score (nSPS) is 10.9. The summed E-state index contributed by atoms with van der Waals surface area (Å²) in [5.74, 6) is 0.946. The fraction of sp³-hybridized carbons (Fsp3) is 0.438. The van der Waals surface area contributed by atoms with Gasteiger partial charge in [-0.25, -0.2) is 0 Å². The zero-order valence-corrected chi connectivity index (χ0v) is 13.2. The molecule has 0 saturated heterocycles. The summed E-state index contributed by atoms with van der Waals surface area (Å²) in [6, 6.07) is 3.44. The third kappa shape index (κ3) is 4.79. The van der Waals surface area contributed by atoms with Crippen molar-refractivity contribution in [3.05, 3.63) is 35.9 Å². The molecular formula is C16H24N2O3. The van der Waals surface area contributed by atoms with Gasteiger partial charge in [0.25, 0.3) is 5.91 Å². The summed E-state index contributed by atoms with van der Waals surface area (Å²) in [6.45, 7) is 7.81. The SMILES string of the molecule is C=CCc1cc(C(=O)NCC(C)(C)N)cc(OC)c1OC. The second-order valence-corrected chi connectivity index (χ2v) is 5.53. The van der Waals surface area contributed by atoms with E-state index in [0.29, 0.717) is 30.0 Å². The summed E-state index contributed by atoms with van der Waals surface area (Å²) >= 11 is 0. The Morgan fingerprint density at radius 1 is 1.38 bits per heavy atom. The fourth-order valence-corrected chi connectivity index (χ4v) is 1.89. The van der Waals surface area contributed by atoms with Crippen LogP contribution in [0.4, 0.5) is 0 Å². The highest BCUT2D eigenvalue weighted by Crippen LogP contribution is 2.33. The van der Waals surface area contributed by atoms with E-state index in [4.69, 9.17) is 15.2 Å². The number of nitrogens with one attached hydrogen (secondary N) is 1. The van der Waals surface area contributed by atoms with Crippen molar-refractivity contribution in [3.63, 3.8) is 0 Å². The van der Waals surface area contributed by atoms with E-state index in [2.05, 4.69) is 11.9 Å². The zero-order valence-electron chi connectivity index (χ0n) is 13.2. The Labute approximate surface area is 126 Å². The van der Waals surface area contributed by atoms with Gasteiger partial charge >= 0.3 is 0 Å². The van der Waals surface area contributed by atoms with E-state index in [9.17, 15) is 4.79 Å². The van der Waals surface area contributed by atoms with E-state index >= 15 is 0 Å². The number of allylic oxidation sites excluding steroid dienone is 1. The summed E-state index contributed by atoms with van der Waals surface area (Å²) in [7, 11) is 3.11.